The van der Waals surface area contributed by atoms with Crippen LogP contribution in [0.3, 0.4) is 0 Å². The van der Waals surface area contributed by atoms with Gasteiger partial charge in [-0.15, -0.1) is 0 Å². The first-order chi connectivity index (χ1) is 12.5. The molecule has 8 heteroatoms. The Hall–Kier alpha value is -2.52. The van der Waals surface area contributed by atoms with E-state index in [4.69, 9.17) is 13.9 Å². The van der Waals surface area contributed by atoms with E-state index in [1.165, 1.54) is 12.1 Å². The van der Waals surface area contributed by atoms with Gasteiger partial charge in [0.15, 0.2) is 16.8 Å². The topological polar surface area (TPSA) is 122 Å². The second kappa shape index (κ2) is 6.65. The van der Waals surface area contributed by atoms with Crippen molar-refractivity contribution >= 4 is 11.1 Å². The fraction of sp³-hybridized carbons (Fsp3) is 0.333. The van der Waals surface area contributed by atoms with Gasteiger partial charge >= 0.3 is 0 Å². The highest BCUT2D eigenvalue weighted by molar-refractivity contribution is 5.77. The normalized spacial score (nSPS) is 26.3. The van der Waals surface area contributed by atoms with Crippen molar-refractivity contribution in [2.24, 2.45) is 0 Å². The lowest BCUT2D eigenvalue weighted by molar-refractivity contribution is -0.229. The van der Waals surface area contributed by atoms with Crippen LogP contribution in [0.2, 0.25) is 0 Å². The number of nitrogens with zero attached hydrogens (tertiary/aromatic N) is 1. The van der Waals surface area contributed by atoms with Crippen molar-refractivity contribution in [3.8, 4) is 17.2 Å². The highest BCUT2D eigenvalue weighted by Gasteiger charge is 2.37. The number of aliphatic hydroxyl groups excluding tert-OH is 3. The molecule has 4 rings (SSSR count). The summed E-state index contributed by atoms with van der Waals surface area (Å²) in [6, 6.07) is 9.37. The smallest absolute Gasteiger partial charge is 0.202 e. The van der Waals surface area contributed by atoms with Crippen molar-refractivity contribution in [2.45, 2.75) is 31.0 Å². The van der Waals surface area contributed by atoms with Gasteiger partial charge in [-0.25, -0.2) is 4.98 Å². The minimum Gasteiger partial charge on any atom is -0.465 e. The van der Waals surface area contributed by atoms with Gasteiger partial charge in [0.05, 0.1) is 12.7 Å². The van der Waals surface area contributed by atoms with E-state index in [1.54, 1.807) is 24.3 Å². The Morgan fingerprint density at radius 2 is 2.04 bits per heavy atom. The summed E-state index contributed by atoms with van der Waals surface area (Å²) in [7, 11) is 0. The number of aromatic nitrogens is 1. The SMILES string of the molecule is O=c1ccc2nc3ccc(OC4CC(O)C(O)C(CO)O4)cc3oc-2c1. The maximum Gasteiger partial charge on any atom is 0.202 e. The number of aliphatic hydroxyl groups is 3. The molecule has 2 aliphatic heterocycles. The Labute approximate surface area is 147 Å². The number of rotatable bonds is 3. The number of fused-ring (bicyclic) bond motifs is 2. The van der Waals surface area contributed by atoms with E-state index < -0.39 is 31.2 Å². The number of benzene rings is 2. The second-order valence-electron chi connectivity index (χ2n) is 6.17. The minimum absolute atomic E-state index is 0.0579. The largest absolute Gasteiger partial charge is 0.465 e. The molecule has 1 saturated heterocycles. The molecule has 0 aromatic heterocycles. The zero-order valence-corrected chi connectivity index (χ0v) is 13.6. The third-order valence-electron chi connectivity index (χ3n) is 4.31. The van der Waals surface area contributed by atoms with Crippen LogP contribution in [0.15, 0.2) is 45.6 Å². The van der Waals surface area contributed by atoms with Crippen molar-refractivity contribution in [3.05, 3.63) is 46.6 Å². The van der Waals surface area contributed by atoms with E-state index in [0.717, 1.165) is 0 Å². The molecule has 0 spiro atoms. The summed E-state index contributed by atoms with van der Waals surface area (Å²) >= 11 is 0. The molecule has 136 valence electrons. The summed E-state index contributed by atoms with van der Waals surface area (Å²) in [5.41, 5.74) is 1.42. The lowest BCUT2D eigenvalue weighted by Crippen LogP contribution is -2.51. The van der Waals surface area contributed by atoms with Gasteiger partial charge in [-0.2, -0.15) is 0 Å². The van der Waals surface area contributed by atoms with Gasteiger partial charge in [0.25, 0.3) is 0 Å². The minimum atomic E-state index is -1.16. The molecule has 4 atom stereocenters. The zero-order valence-electron chi connectivity index (χ0n) is 13.6. The first kappa shape index (κ1) is 16.9. The van der Waals surface area contributed by atoms with Crippen LogP contribution in [0.25, 0.3) is 22.6 Å². The maximum absolute atomic E-state index is 11.5. The molecule has 3 aliphatic rings. The molecule has 8 nitrogen and oxygen atoms in total. The van der Waals surface area contributed by atoms with Gasteiger partial charge in [0, 0.05) is 18.6 Å². The summed E-state index contributed by atoms with van der Waals surface area (Å²) in [5, 5.41) is 28.8. The van der Waals surface area contributed by atoms with Gasteiger partial charge in [0.1, 0.15) is 29.2 Å². The van der Waals surface area contributed by atoms with Crippen LogP contribution >= 0.6 is 0 Å². The first-order valence-electron chi connectivity index (χ1n) is 8.17. The van der Waals surface area contributed by atoms with Crippen LogP contribution in [-0.4, -0.2) is 51.5 Å². The molecule has 3 N–H and O–H groups in total. The molecule has 0 bridgehead atoms. The van der Waals surface area contributed by atoms with Crippen LogP contribution in [0.4, 0.5) is 0 Å². The van der Waals surface area contributed by atoms with Crippen molar-refractivity contribution < 1.29 is 29.2 Å². The Morgan fingerprint density at radius 1 is 1.19 bits per heavy atom. The number of ether oxygens (including phenoxy) is 2. The van der Waals surface area contributed by atoms with E-state index in [9.17, 15) is 20.1 Å². The summed E-state index contributed by atoms with van der Waals surface area (Å²) in [6.45, 7) is -0.432. The van der Waals surface area contributed by atoms with Gasteiger partial charge in [-0.3, -0.25) is 4.79 Å². The molecule has 1 aliphatic carbocycles. The molecule has 4 unspecified atom stereocenters. The van der Waals surface area contributed by atoms with Crippen molar-refractivity contribution in [3.63, 3.8) is 0 Å². The molecular weight excluding hydrogens is 342 g/mol. The van der Waals surface area contributed by atoms with E-state index in [-0.39, 0.29) is 11.8 Å². The van der Waals surface area contributed by atoms with Crippen LogP contribution in [0, 0.1) is 0 Å². The molecule has 26 heavy (non-hydrogen) atoms. The summed E-state index contributed by atoms with van der Waals surface area (Å²) in [4.78, 5) is 15.9. The van der Waals surface area contributed by atoms with Crippen molar-refractivity contribution in [1.29, 1.82) is 0 Å². The Bertz CT molecular complexity index is 956. The lowest BCUT2D eigenvalue weighted by Gasteiger charge is -2.36. The molecule has 0 radical (unpaired) electrons. The molecule has 1 aromatic rings. The predicted molar refractivity (Wildman–Crippen MR) is 89.9 cm³/mol. The van der Waals surface area contributed by atoms with Crippen LogP contribution in [0.1, 0.15) is 6.42 Å². The van der Waals surface area contributed by atoms with Crippen LogP contribution in [0.5, 0.6) is 5.75 Å². The van der Waals surface area contributed by atoms with Crippen LogP contribution in [-0.2, 0) is 4.74 Å². The van der Waals surface area contributed by atoms with E-state index in [1.807, 2.05) is 0 Å². The Kier molecular flexibility index (Phi) is 4.33. The molecule has 1 fully saturated rings. The van der Waals surface area contributed by atoms with Gasteiger partial charge < -0.3 is 29.2 Å². The molecule has 0 amide bonds. The average molecular weight is 359 g/mol. The summed E-state index contributed by atoms with van der Waals surface area (Å²) in [5.74, 6) is 0.779. The zero-order chi connectivity index (χ0) is 18.3. The molecule has 0 saturated carbocycles. The standard InChI is InChI=1S/C18H17NO7/c20-8-16-18(23)13(22)7-17(26-16)24-10-2-4-12-15(6-10)25-14-5-9(21)1-3-11(14)19-12/h1-6,13,16-18,20,22-23H,7-8H2. The molecule has 2 heterocycles. The monoisotopic (exact) mass is 359 g/mol. The second-order valence-corrected chi connectivity index (χ2v) is 6.17. The number of hydrogen-bond acceptors (Lipinski definition) is 8. The van der Waals surface area contributed by atoms with E-state index in [2.05, 4.69) is 4.98 Å². The maximum atomic E-state index is 11.5. The fourth-order valence-corrected chi connectivity index (χ4v) is 2.95. The quantitative estimate of drug-likeness (QED) is 0.578. The number of hydrogen-bond donors (Lipinski definition) is 3. The third-order valence-corrected chi connectivity index (χ3v) is 4.31. The van der Waals surface area contributed by atoms with Crippen molar-refractivity contribution in [2.75, 3.05) is 6.61 Å². The Balaban J connectivity index is 1.62. The molecular formula is C18H17NO7. The van der Waals surface area contributed by atoms with Gasteiger partial charge in [0.2, 0.25) is 6.29 Å². The highest BCUT2D eigenvalue weighted by atomic mass is 16.7. The lowest BCUT2D eigenvalue weighted by atomic mass is 10.0. The van der Waals surface area contributed by atoms with Crippen molar-refractivity contribution in [1.82, 2.24) is 4.98 Å². The highest BCUT2D eigenvalue weighted by Crippen LogP contribution is 2.28. The van der Waals surface area contributed by atoms with Gasteiger partial charge in [-0.1, -0.05) is 0 Å². The average Bonchev–Trinajstić information content (AvgIpc) is 2.62. The fourth-order valence-electron chi connectivity index (χ4n) is 2.95. The predicted octanol–water partition coefficient (Wildman–Crippen LogP) is 0.501. The Morgan fingerprint density at radius 3 is 2.85 bits per heavy atom. The van der Waals surface area contributed by atoms with Gasteiger partial charge in [-0.05, 0) is 24.3 Å². The van der Waals surface area contributed by atoms with E-state index in [0.29, 0.717) is 28.3 Å². The van der Waals surface area contributed by atoms with E-state index >= 15 is 0 Å². The summed E-state index contributed by atoms with van der Waals surface area (Å²) in [6.07, 6.45) is -3.91. The molecule has 1 aromatic carbocycles. The first-order valence-corrected chi connectivity index (χ1v) is 8.17. The van der Waals surface area contributed by atoms with Crippen LogP contribution < -0.4 is 10.2 Å². The summed E-state index contributed by atoms with van der Waals surface area (Å²) < 4.78 is 16.9. The third kappa shape index (κ3) is 3.15.